The van der Waals surface area contributed by atoms with E-state index in [-0.39, 0.29) is 48.9 Å². The van der Waals surface area contributed by atoms with Gasteiger partial charge in [0.25, 0.3) is 5.69 Å². The van der Waals surface area contributed by atoms with Crippen LogP contribution in [0, 0.1) is 27.9 Å². The third-order valence-corrected chi connectivity index (χ3v) is 14.6. The summed E-state index contributed by atoms with van der Waals surface area (Å²) in [6.07, 6.45) is -9.79. The lowest BCUT2D eigenvalue weighted by atomic mass is 9.77. The van der Waals surface area contributed by atoms with Gasteiger partial charge in [-0.2, -0.15) is 0 Å². The van der Waals surface area contributed by atoms with E-state index in [0.717, 1.165) is 48.6 Å². The maximum atomic E-state index is 14.1. The average Bonchev–Trinajstić information content (AvgIpc) is 4.03. The number of nitro groups is 1. The van der Waals surface area contributed by atoms with E-state index >= 15 is 0 Å². The van der Waals surface area contributed by atoms with Gasteiger partial charge in [-0.3, -0.25) is 19.6 Å². The number of hydrogen-bond donors (Lipinski definition) is 8. The molecule has 15 atom stereocenters. The Balaban J connectivity index is 1.00. The molecule has 0 bridgehead atoms. The van der Waals surface area contributed by atoms with Crippen molar-refractivity contribution in [1.82, 2.24) is 25.3 Å². The van der Waals surface area contributed by atoms with E-state index < -0.39 is 115 Å². The van der Waals surface area contributed by atoms with E-state index in [4.69, 9.17) is 28.4 Å². The molecule has 0 spiro atoms. The second-order valence-electron chi connectivity index (χ2n) is 19.8. The van der Waals surface area contributed by atoms with E-state index in [9.17, 15) is 55.1 Å². The van der Waals surface area contributed by atoms with Gasteiger partial charge in [0.1, 0.15) is 36.6 Å². The number of ether oxygens (including phenoxy) is 6. The number of fused-ring (bicyclic) bond motifs is 1. The van der Waals surface area contributed by atoms with Gasteiger partial charge in [0.15, 0.2) is 24.8 Å². The van der Waals surface area contributed by atoms with Crippen LogP contribution in [0.15, 0.2) is 60.9 Å². The maximum Gasteiger partial charge on any atom is 0.338 e. The molecular formula is C50H66N6O17. The molecule has 4 aromatic rings. The summed E-state index contributed by atoms with van der Waals surface area (Å²) in [4.78, 5) is 54.8. The maximum absolute atomic E-state index is 14.1. The second-order valence-corrected chi connectivity index (χ2v) is 19.8. The van der Waals surface area contributed by atoms with Gasteiger partial charge in [-0.05, 0) is 68.2 Å². The highest BCUT2D eigenvalue weighted by molar-refractivity contribution is 5.89. The third-order valence-electron chi connectivity index (χ3n) is 14.6. The van der Waals surface area contributed by atoms with Crippen LogP contribution in [-0.2, 0) is 57.4 Å². The van der Waals surface area contributed by atoms with Gasteiger partial charge < -0.3 is 69.4 Å². The summed E-state index contributed by atoms with van der Waals surface area (Å²) in [6.45, 7) is 3.10. The minimum Gasteiger partial charge on any atom is -0.479 e. The fraction of sp³-hybridized carbons (Fsp3) is 0.620. The number of non-ortho nitro benzene ring substituents is 1. The van der Waals surface area contributed by atoms with E-state index in [1.165, 1.54) is 31.2 Å². The molecule has 23 heteroatoms. The summed E-state index contributed by atoms with van der Waals surface area (Å²) >= 11 is 0. The zero-order valence-corrected chi connectivity index (χ0v) is 40.7. The van der Waals surface area contributed by atoms with Crippen LogP contribution in [0.3, 0.4) is 0 Å². The highest BCUT2D eigenvalue weighted by Crippen LogP contribution is 2.39. The Morgan fingerprint density at radius 3 is 2.41 bits per heavy atom. The number of aliphatic carboxylic acids is 1. The van der Waals surface area contributed by atoms with Crippen LogP contribution in [0.25, 0.3) is 10.9 Å². The van der Waals surface area contributed by atoms with Crippen molar-refractivity contribution in [2.24, 2.45) is 17.8 Å². The fourth-order valence-corrected chi connectivity index (χ4v) is 10.6. The van der Waals surface area contributed by atoms with Gasteiger partial charge >= 0.3 is 11.9 Å². The standard InChI is InChI=1S/C50H66N6O17/c1-26-19-31(46(62)51-17-15-32-24-55(54-53-32)18-16-30-23-52-35-14-13-33(56(66)67)22-34(30)35)21-36(43(26)73-49-42(61)41(60)39(58)27(2)68-49)70-50-45(72-48(65)29-11-7-4-8-12-29)44(40(59)38(25-57)71-50)69-37(47(63)64)20-28-9-5-3-6-10-28/h4,7-8,11-14,22-24,26-28,31,36-45,49-50,52,57-61H,3,5-6,9-10,15-21,25H2,1-2H3,(H,51,62)(H,63,64)/t26-,27-,31+,36+,37-,38+,39+,40-,41+,42-,43+,44-,45+,49-,50+/m0/s1. The first kappa shape index (κ1) is 53.8. The Morgan fingerprint density at radius 1 is 0.918 bits per heavy atom. The van der Waals surface area contributed by atoms with Gasteiger partial charge in [0.2, 0.25) is 5.91 Å². The number of aryl methyl sites for hydroxylation is 2. The van der Waals surface area contributed by atoms with Crippen LogP contribution in [0.1, 0.15) is 86.8 Å². The highest BCUT2D eigenvalue weighted by Gasteiger charge is 2.54. The molecule has 2 aromatic heterocycles. The smallest absolute Gasteiger partial charge is 0.338 e. The number of nitro benzene ring substituents is 1. The van der Waals surface area contributed by atoms with Gasteiger partial charge in [0, 0.05) is 60.9 Å². The third kappa shape index (κ3) is 12.9. The van der Waals surface area contributed by atoms with Crippen LogP contribution >= 0.6 is 0 Å². The molecule has 4 heterocycles. The fourth-order valence-electron chi connectivity index (χ4n) is 10.6. The summed E-state index contributed by atoms with van der Waals surface area (Å²) in [6, 6.07) is 12.6. The SMILES string of the molecule is C[C@@H]1O[C@@H](O[C@@H]2[C@@H](C)C[C@@H](C(=O)NCCc3cn(CCc4c[nH]c5ccc([N+](=O)[O-])cc45)nn3)C[C@H]2O[C@@H]2O[C@H](CO)[C@H](O)[C@H](O[C@@H](CC3CCCCC3)C(=O)O)[C@H]2OC(=O)c2ccccc2)[C@@H](O)[C@H](O)[C@@H]1O. The molecule has 8 rings (SSSR count). The van der Waals surface area contributed by atoms with E-state index in [1.54, 1.807) is 48.3 Å². The number of nitrogens with one attached hydrogen (secondary N) is 2. The molecule has 4 fully saturated rings. The minimum absolute atomic E-state index is 0.00957. The van der Waals surface area contributed by atoms with Gasteiger partial charge in [-0.25, -0.2) is 9.59 Å². The Morgan fingerprint density at radius 2 is 1.68 bits per heavy atom. The number of aliphatic hydroxyl groups excluding tert-OH is 5. The summed E-state index contributed by atoms with van der Waals surface area (Å²) in [5.41, 5.74) is 2.35. The molecule has 4 aliphatic rings. The van der Waals surface area contributed by atoms with Crippen molar-refractivity contribution in [1.29, 1.82) is 0 Å². The molecular weight excluding hydrogens is 957 g/mol. The Bertz CT molecular complexity index is 2490. The Kier molecular flexibility index (Phi) is 17.9. The number of aromatic amines is 1. The number of aromatic nitrogens is 4. The van der Waals surface area contributed by atoms with Crippen LogP contribution in [0.4, 0.5) is 5.69 Å². The lowest BCUT2D eigenvalue weighted by molar-refractivity contribution is -0.384. The highest BCUT2D eigenvalue weighted by atomic mass is 16.7. The Labute approximate surface area is 420 Å². The quantitative estimate of drug-likeness (QED) is 0.0358. The van der Waals surface area contributed by atoms with Crippen molar-refractivity contribution in [2.75, 3.05) is 13.2 Å². The molecule has 23 nitrogen and oxygen atoms in total. The molecule has 2 aromatic carbocycles. The first-order chi connectivity index (χ1) is 35.1. The number of rotatable bonds is 20. The van der Waals surface area contributed by atoms with Crippen molar-refractivity contribution in [2.45, 2.75) is 164 Å². The lowest BCUT2D eigenvalue weighted by Crippen LogP contribution is -2.64. The lowest BCUT2D eigenvalue weighted by Gasteiger charge is -2.48. The van der Waals surface area contributed by atoms with Crippen LogP contribution in [0.5, 0.6) is 0 Å². The van der Waals surface area contributed by atoms with Gasteiger partial charge in [-0.15, -0.1) is 5.10 Å². The molecule has 0 radical (unpaired) electrons. The molecule has 2 saturated carbocycles. The first-order valence-electron chi connectivity index (χ1n) is 25.1. The minimum atomic E-state index is -1.71. The molecule has 2 aliphatic carbocycles. The summed E-state index contributed by atoms with van der Waals surface area (Å²) in [5, 5.41) is 88.5. The predicted octanol–water partition coefficient (Wildman–Crippen LogP) is 2.33. The number of nitrogens with zero attached hydrogens (tertiary/aromatic N) is 4. The number of benzene rings is 2. The zero-order valence-electron chi connectivity index (χ0n) is 40.7. The Hall–Kier alpha value is -5.47. The number of carbonyl (C=O) groups excluding carboxylic acids is 2. The van der Waals surface area contributed by atoms with Crippen LogP contribution in [0.2, 0.25) is 0 Å². The van der Waals surface area contributed by atoms with Crippen molar-refractivity contribution >= 4 is 34.4 Å². The summed E-state index contributed by atoms with van der Waals surface area (Å²) < 4.78 is 39.1. The number of amides is 1. The van der Waals surface area contributed by atoms with Gasteiger partial charge in [0.05, 0.1) is 41.1 Å². The molecule has 2 aliphatic heterocycles. The molecule has 73 heavy (non-hydrogen) atoms. The second kappa shape index (κ2) is 24.3. The first-order valence-corrected chi connectivity index (χ1v) is 25.1. The average molecular weight is 1020 g/mol. The molecule has 8 N–H and O–H groups in total. The number of H-pyrrole nitrogens is 1. The van der Waals surface area contributed by atoms with Crippen LogP contribution < -0.4 is 5.32 Å². The van der Waals surface area contributed by atoms with Crippen molar-refractivity contribution in [3.63, 3.8) is 0 Å². The van der Waals surface area contributed by atoms with E-state index in [0.29, 0.717) is 25.1 Å². The normalized spacial score (nSPS) is 31.4. The number of carbonyl (C=O) groups is 3. The van der Waals surface area contributed by atoms with Crippen molar-refractivity contribution < 1.29 is 78.4 Å². The zero-order chi connectivity index (χ0) is 51.9. The monoisotopic (exact) mass is 1020 g/mol. The number of esters is 1. The summed E-state index contributed by atoms with van der Waals surface area (Å²) in [5.74, 6) is -3.79. The largest absolute Gasteiger partial charge is 0.479 e. The number of carboxylic acids is 1. The molecule has 0 unspecified atom stereocenters. The summed E-state index contributed by atoms with van der Waals surface area (Å²) in [7, 11) is 0. The van der Waals surface area contributed by atoms with Crippen LogP contribution in [-0.4, -0.2) is 166 Å². The van der Waals surface area contributed by atoms with Crippen molar-refractivity contribution in [3.8, 4) is 0 Å². The number of aliphatic hydroxyl groups is 5. The molecule has 1 amide bonds. The number of carboxylic acid groups (broad SMARTS) is 1. The van der Waals surface area contributed by atoms with E-state index in [1.807, 2.05) is 0 Å². The molecule has 2 saturated heterocycles. The predicted molar refractivity (Wildman–Crippen MR) is 254 cm³/mol. The van der Waals surface area contributed by atoms with E-state index in [2.05, 4.69) is 20.6 Å². The van der Waals surface area contributed by atoms with Crippen molar-refractivity contribution in [3.05, 3.63) is 87.9 Å². The number of hydrogen-bond acceptors (Lipinski definition) is 18. The van der Waals surface area contributed by atoms with Gasteiger partial charge in [-0.1, -0.05) is 62.4 Å². The molecule has 398 valence electrons. The topological polar surface area (TPSA) is 330 Å².